The predicted molar refractivity (Wildman–Crippen MR) is 59.5 cm³/mol. The molecule has 0 aliphatic heterocycles. The normalized spacial score (nSPS) is 11.6. The largest absolute Gasteiger partial charge is 0.482 e. The molecule has 0 aromatic carbocycles. The van der Waals surface area contributed by atoms with E-state index in [-0.39, 0.29) is 19.1 Å². The molecule has 0 saturated heterocycles. The number of rotatable bonds is 6. The topological polar surface area (TPSA) is 88.5 Å². The Hall–Kier alpha value is -2.11. The summed E-state index contributed by atoms with van der Waals surface area (Å²) in [7, 11) is 0. The second kappa shape index (κ2) is 6.47. The highest BCUT2D eigenvalue weighted by Crippen LogP contribution is 2.05. The van der Waals surface area contributed by atoms with Crippen molar-refractivity contribution < 1.29 is 19.4 Å². The third kappa shape index (κ3) is 4.96. The molecule has 0 fully saturated rings. The Morgan fingerprint density at radius 2 is 2.35 bits per heavy atom. The highest BCUT2D eigenvalue weighted by atomic mass is 16.5. The maximum atomic E-state index is 11.3. The molecule has 1 rings (SSSR count). The van der Waals surface area contributed by atoms with Crippen LogP contribution in [-0.4, -0.2) is 35.1 Å². The molecule has 1 aromatic rings. The molecule has 0 bridgehead atoms. The number of nitrogens with one attached hydrogen (secondary N) is 1. The minimum atomic E-state index is -0.946. The summed E-state index contributed by atoms with van der Waals surface area (Å²) in [6.07, 6.45) is 3.09. The summed E-state index contributed by atoms with van der Waals surface area (Å²) in [5.41, 5.74) is 0. The van der Waals surface area contributed by atoms with Crippen molar-refractivity contribution in [2.75, 3.05) is 13.2 Å². The average molecular weight is 238 g/mol. The molecule has 0 saturated carbocycles. The van der Waals surface area contributed by atoms with Crippen LogP contribution < -0.4 is 10.1 Å². The molecule has 6 heteroatoms. The molecule has 1 heterocycles. The molecule has 0 aliphatic rings. The van der Waals surface area contributed by atoms with Gasteiger partial charge in [0.2, 0.25) is 0 Å². The second-order valence-electron chi connectivity index (χ2n) is 3.52. The van der Waals surface area contributed by atoms with E-state index in [0.29, 0.717) is 5.75 Å². The fourth-order valence-electron chi connectivity index (χ4n) is 0.987. The third-order valence-corrected chi connectivity index (χ3v) is 2.03. The first kappa shape index (κ1) is 13.0. The van der Waals surface area contributed by atoms with Crippen LogP contribution in [0.2, 0.25) is 0 Å². The van der Waals surface area contributed by atoms with Crippen LogP contribution in [0.4, 0.5) is 0 Å². The first-order valence-corrected chi connectivity index (χ1v) is 5.12. The van der Waals surface area contributed by atoms with E-state index in [0.717, 1.165) is 0 Å². The van der Waals surface area contributed by atoms with E-state index in [2.05, 4.69) is 10.3 Å². The second-order valence-corrected chi connectivity index (χ2v) is 3.52. The van der Waals surface area contributed by atoms with E-state index in [1.807, 2.05) is 0 Å². The Balaban J connectivity index is 2.24. The fraction of sp³-hybridized carbons (Fsp3) is 0.364. The molecule has 0 radical (unpaired) electrons. The zero-order valence-electron chi connectivity index (χ0n) is 9.42. The van der Waals surface area contributed by atoms with E-state index >= 15 is 0 Å². The van der Waals surface area contributed by atoms with Crippen molar-refractivity contribution >= 4 is 11.9 Å². The summed E-state index contributed by atoms with van der Waals surface area (Å²) in [5.74, 6) is -1.42. The molecule has 2 N–H and O–H groups in total. The molecular formula is C11H14N2O4. The molecule has 6 nitrogen and oxygen atoms in total. The minimum Gasteiger partial charge on any atom is -0.482 e. The SMILES string of the molecule is CC(CNC(=O)COc1cccnc1)C(=O)O. The van der Waals surface area contributed by atoms with Crippen LogP contribution in [0, 0.1) is 5.92 Å². The van der Waals surface area contributed by atoms with Gasteiger partial charge in [-0.3, -0.25) is 14.6 Å². The van der Waals surface area contributed by atoms with Crippen LogP contribution in [0.25, 0.3) is 0 Å². The summed E-state index contributed by atoms with van der Waals surface area (Å²) < 4.78 is 5.14. The van der Waals surface area contributed by atoms with Crippen LogP contribution in [0.15, 0.2) is 24.5 Å². The van der Waals surface area contributed by atoms with Crippen molar-refractivity contribution in [3.05, 3.63) is 24.5 Å². The Kier molecular flexibility index (Phi) is 4.93. The van der Waals surface area contributed by atoms with Gasteiger partial charge in [-0.15, -0.1) is 0 Å². The van der Waals surface area contributed by atoms with Crippen LogP contribution in [0.1, 0.15) is 6.92 Å². The number of carbonyl (C=O) groups is 2. The number of aromatic nitrogens is 1. The van der Waals surface area contributed by atoms with Gasteiger partial charge in [-0.25, -0.2) is 0 Å². The van der Waals surface area contributed by atoms with E-state index in [1.165, 1.54) is 13.1 Å². The molecule has 1 aromatic heterocycles. The van der Waals surface area contributed by atoms with E-state index in [4.69, 9.17) is 9.84 Å². The van der Waals surface area contributed by atoms with Gasteiger partial charge in [0.15, 0.2) is 6.61 Å². The van der Waals surface area contributed by atoms with Gasteiger partial charge >= 0.3 is 5.97 Å². The zero-order chi connectivity index (χ0) is 12.7. The standard InChI is InChI=1S/C11H14N2O4/c1-8(11(15)16)5-13-10(14)7-17-9-3-2-4-12-6-9/h2-4,6,8H,5,7H2,1H3,(H,13,14)(H,15,16). The lowest BCUT2D eigenvalue weighted by Crippen LogP contribution is -2.34. The summed E-state index contributed by atoms with van der Waals surface area (Å²) >= 11 is 0. The zero-order valence-corrected chi connectivity index (χ0v) is 9.42. The number of amides is 1. The highest BCUT2D eigenvalue weighted by molar-refractivity contribution is 5.78. The summed E-state index contributed by atoms with van der Waals surface area (Å²) in [5, 5.41) is 11.1. The van der Waals surface area contributed by atoms with Gasteiger partial charge in [0.1, 0.15) is 5.75 Å². The van der Waals surface area contributed by atoms with Gasteiger partial charge in [0, 0.05) is 12.7 Å². The number of hydrogen-bond acceptors (Lipinski definition) is 4. The Morgan fingerprint density at radius 1 is 1.59 bits per heavy atom. The number of pyridine rings is 1. The average Bonchev–Trinajstić information content (AvgIpc) is 2.34. The first-order valence-electron chi connectivity index (χ1n) is 5.12. The van der Waals surface area contributed by atoms with Crippen molar-refractivity contribution in [3.8, 4) is 5.75 Å². The number of aliphatic carboxylic acids is 1. The molecule has 0 aliphatic carbocycles. The van der Waals surface area contributed by atoms with Crippen molar-refractivity contribution in [2.24, 2.45) is 5.92 Å². The molecule has 17 heavy (non-hydrogen) atoms. The maximum Gasteiger partial charge on any atom is 0.308 e. The van der Waals surface area contributed by atoms with Crippen LogP contribution in [0.5, 0.6) is 5.75 Å². The minimum absolute atomic E-state index is 0.0879. The quantitative estimate of drug-likeness (QED) is 0.744. The van der Waals surface area contributed by atoms with Gasteiger partial charge in [-0.1, -0.05) is 6.92 Å². The fourth-order valence-corrected chi connectivity index (χ4v) is 0.987. The molecule has 92 valence electrons. The lowest BCUT2D eigenvalue weighted by atomic mass is 10.2. The van der Waals surface area contributed by atoms with Crippen LogP contribution in [-0.2, 0) is 9.59 Å². The highest BCUT2D eigenvalue weighted by Gasteiger charge is 2.12. The molecule has 1 amide bonds. The summed E-state index contributed by atoms with van der Waals surface area (Å²) in [6, 6.07) is 3.37. The molecular weight excluding hydrogens is 224 g/mol. The van der Waals surface area contributed by atoms with Crippen molar-refractivity contribution in [2.45, 2.75) is 6.92 Å². The van der Waals surface area contributed by atoms with Gasteiger partial charge in [-0.2, -0.15) is 0 Å². The van der Waals surface area contributed by atoms with E-state index in [9.17, 15) is 9.59 Å². The predicted octanol–water partition coefficient (Wildman–Crippen LogP) is 0.297. The number of nitrogens with zero attached hydrogens (tertiary/aromatic N) is 1. The van der Waals surface area contributed by atoms with Crippen molar-refractivity contribution in [1.82, 2.24) is 10.3 Å². The van der Waals surface area contributed by atoms with Gasteiger partial charge < -0.3 is 15.2 Å². The number of carbonyl (C=O) groups excluding carboxylic acids is 1. The number of ether oxygens (including phenoxy) is 1. The maximum absolute atomic E-state index is 11.3. The monoisotopic (exact) mass is 238 g/mol. The van der Waals surface area contributed by atoms with Crippen LogP contribution >= 0.6 is 0 Å². The number of carboxylic acids is 1. The Morgan fingerprint density at radius 3 is 2.94 bits per heavy atom. The van der Waals surface area contributed by atoms with Gasteiger partial charge in [-0.05, 0) is 12.1 Å². The van der Waals surface area contributed by atoms with Crippen LogP contribution in [0.3, 0.4) is 0 Å². The lowest BCUT2D eigenvalue weighted by molar-refractivity contribution is -0.141. The summed E-state index contributed by atoms with van der Waals surface area (Å²) in [4.78, 5) is 25.6. The van der Waals surface area contributed by atoms with Crippen molar-refractivity contribution in [1.29, 1.82) is 0 Å². The van der Waals surface area contributed by atoms with E-state index < -0.39 is 11.9 Å². The first-order chi connectivity index (χ1) is 8.09. The lowest BCUT2D eigenvalue weighted by Gasteiger charge is -2.09. The smallest absolute Gasteiger partial charge is 0.308 e. The van der Waals surface area contributed by atoms with Gasteiger partial charge in [0.05, 0.1) is 12.1 Å². The Labute approximate surface area is 98.6 Å². The molecule has 0 spiro atoms. The van der Waals surface area contributed by atoms with E-state index in [1.54, 1.807) is 18.3 Å². The number of hydrogen-bond donors (Lipinski definition) is 2. The third-order valence-electron chi connectivity index (χ3n) is 2.03. The number of carboxylic acid groups (broad SMARTS) is 1. The van der Waals surface area contributed by atoms with Crippen molar-refractivity contribution in [3.63, 3.8) is 0 Å². The van der Waals surface area contributed by atoms with Gasteiger partial charge in [0.25, 0.3) is 5.91 Å². The molecule has 1 unspecified atom stereocenters. The molecule has 1 atom stereocenters. The summed E-state index contributed by atoms with van der Waals surface area (Å²) in [6.45, 7) is 1.45. The Bertz CT molecular complexity index is 380.